The van der Waals surface area contributed by atoms with Crippen LogP contribution in [0.2, 0.25) is 0 Å². The molecule has 2 heterocycles. The van der Waals surface area contributed by atoms with Crippen LogP contribution in [0.3, 0.4) is 0 Å². The lowest BCUT2D eigenvalue weighted by Crippen LogP contribution is -2.48. The van der Waals surface area contributed by atoms with Crippen molar-refractivity contribution in [2.75, 3.05) is 13.1 Å². The first-order chi connectivity index (χ1) is 9.75. The Morgan fingerprint density at radius 2 is 1.90 bits per heavy atom. The molecule has 0 bridgehead atoms. The van der Waals surface area contributed by atoms with Crippen molar-refractivity contribution in [3.63, 3.8) is 0 Å². The number of aliphatic hydroxyl groups excluding tert-OH is 1. The van der Waals surface area contributed by atoms with Crippen LogP contribution in [-0.2, 0) is 21.4 Å². The van der Waals surface area contributed by atoms with Gasteiger partial charge in [-0.25, -0.2) is 8.42 Å². The summed E-state index contributed by atoms with van der Waals surface area (Å²) in [4.78, 5) is 0.238. The van der Waals surface area contributed by atoms with Crippen LogP contribution in [0.4, 0.5) is 0 Å². The Balaban J connectivity index is 2.35. The molecule has 1 saturated heterocycles. The molecule has 1 N–H and O–H groups in total. The number of morpholine rings is 1. The van der Waals surface area contributed by atoms with E-state index in [1.165, 1.54) is 4.31 Å². The molecular formula is C14H24N2O4S. The summed E-state index contributed by atoms with van der Waals surface area (Å²) in [6.45, 7) is 8.18. The van der Waals surface area contributed by atoms with Crippen molar-refractivity contribution >= 4 is 10.0 Å². The van der Waals surface area contributed by atoms with E-state index >= 15 is 0 Å². The summed E-state index contributed by atoms with van der Waals surface area (Å²) in [5.41, 5.74) is 0.609. The highest BCUT2D eigenvalue weighted by Gasteiger charge is 2.33. The van der Waals surface area contributed by atoms with Crippen molar-refractivity contribution in [2.24, 2.45) is 0 Å². The zero-order valence-corrected chi connectivity index (χ0v) is 13.8. The summed E-state index contributed by atoms with van der Waals surface area (Å²) in [6, 6.07) is 1.65. The maximum atomic E-state index is 12.8. The Bertz CT molecular complexity index is 584. The first-order valence-electron chi connectivity index (χ1n) is 7.23. The molecule has 1 aromatic rings. The lowest BCUT2D eigenvalue weighted by atomic mass is 10.3. The van der Waals surface area contributed by atoms with Crippen molar-refractivity contribution in [1.29, 1.82) is 0 Å². The van der Waals surface area contributed by atoms with Crippen LogP contribution in [-0.4, -0.2) is 47.7 Å². The van der Waals surface area contributed by atoms with E-state index in [1.807, 2.05) is 27.7 Å². The van der Waals surface area contributed by atoms with E-state index in [0.29, 0.717) is 18.8 Å². The molecule has 21 heavy (non-hydrogen) atoms. The van der Waals surface area contributed by atoms with Crippen LogP contribution in [0.15, 0.2) is 17.2 Å². The molecule has 6 nitrogen and oxygen atoms in total. The lowest BCUT2D eigenvalue weighted by molar-refractivity contribution is -0.0440. The second-order valence-electron chi connectivity index (χ2n) is 5.91. The summed E-state index contributed by atoms with van der Waals surface area (Å²) >= 11 is 0. The third-order valence-electron chi connectivity index (χ3n) is 3.65. The summed E-state index contributed by atoms with van der Waals surface area (Å²) in [6.07, 6.45) is 1.37. The van der Waals surface area contributed by atoms with Gasteiger partial charge in [0, 0.05) is 31.0 Å². The molecule has 1 aliphatic rings. The van der Waals surface area contributed by atoms with Gasteiger partial charge in [-0.05, 0) is 33.8 Å². The molecule has 0 radical (unpaired) electrons. The third kappa shape index (κ3) is 3.31. The number of aromatic nitrogens is 1. The van der Waals surface area contributed by atoms with Gasteiger partial charge in [0.05, 0.1) is 18.8 Å². The van der Waals surface area contributed by atoms with Crippen molar-refractivity contribution < 1.29 is 18.3 Å². The zero-order chi connectivity index (χ0) is 15.8. The maximum absolute atomic E-state index is 12.8. The number of aliphatic hydroxyl groups is 1. The zero-order valence-electron chi connectivity index (χ0n) is 13.0. The van der Waals surface area contributed by atoms with Crippen LogP contribution in [0.5, 0.6) is 0 Å². The van der Waals surface area contributed by atoms with Crippen molar-refractivity contribution in [1.82, 2.24) is 8.87 Å². The first kappa shape index (κ1) is 16.5. The van der Waals surface area contributed by atoms with Gasteiger partial charge in [-0.2, -0.15) is 4.31 Å². The average Bonchev–Trinajstić information content (AvgIpc) is 2.82. The van der Waals surface area contributed by atoms with Gasteiger partial charge in [-0.3, -0.25) is 0 Å². The fraction of sp³-hybridized carbons (Fsp3) is 0.714. The SMILES string of the molecule is CC(C)n1cc(S(=O)(=O)N2C[C@@H](C)O[C@@H](C)C2)cc1CO. The topological polar surface area (TPSA) is 71.8 Å². The molecule has 2 atom stereocenters. The molecule has 120 valence electrons. The fourth-order valence-corrected chi connectivity index (χ4v) is 4.36. The Hall–Kier alpha value is -0.890. The minimum atomic E-state index is -3.55. The third-order valence-corrected chi connectivity index (χ3v) is 5.45. The Labute approximate surface area is 126 Å². The minimum Gasteiger partial charge on any atom is -0.390 e. The van der Waals surface area contributed by atoms with Gasteiger partial charge in [0.15, 0.2) is 0 Å². The Kier molecular flexibility index (Phi) is 4.77. The van der Waals surface area contributed by atoms with Crippen LogP contribution in [0.1, 0.15) is 39.4 Å². The molecule has 0 aliphatic carbocycles. The number of rotatable bonds is 4. The Morgan fingerprint density at radius 3 is 2.33 bits per heavy atom. The number of hydrogen-bond donors (Lipinski definition) is 1. The Morgan fingerprint density at radius 1 is 1.33 bits per heavy atom. The standard InChI is InChI=1S/C14H24N2O4S/c1-10(2)16-8-14(5-13(16)9-17)21(18,19)15-6-11(3)20-12(4)7-15/h5,8,10-12,17H,6-7,9H2,1-4H3/t11-,12+. The number of hydrogen-bond acceptors (Lipinski definition) is 4. The van der Waals surface area contributed by atoms with E-state index in [-0.39, 0.29) is 29.8 Å². The van der Waals surface area contributed by atoms with E-state index < -0.39 is 10.0 Å². The number of sulfonamides is 1. The highest BCUT2D eigenvalue weighted by atomic mass is 32.2. The molecule has 2 rings (SSSR count). The van der Waals surface area contributed by atoms with E-state index in [9.17, 15) is 13.5 Å². The number of nitrogens with zero attached hydrogens (tertiary/aromatic N) is 2. The average molecular weight is 316 g/mol. The quantitative estimate of drug-likeness (QED) is 0.910. The van der Waals surface area contributed by atoms with Crippen LogP contribution in [0, 0.1) is 0 Å². The molecule has 7 heteroatoms. The van der Waals surface area contributed by atoms with E-state index in [4.69, 9.17) is 4.74 Å². The minimum absolute atomic E-state index is 0.0960. The maximum Gasteiger partial charge on any atom is 0.244 e. The van der Waals surface area contributed by atoms with Gasteiger partial charge < -0.3 is 14.4 Å². The molecule has 0 saturated carbocycles. The van der Waals surface area contributed by atoms with Gasteiger partial charge >= 0.3 is 0 Å². The van der Waals surface area contributed by atoms with Crippen molar-refractivity contribution in [3.05, 3.63) is 18.0 Å². The molecule has 0 amide bonds. The van der Waals surface area contributed by atoms with Gasteiger partial charge in [0.25, 0.3) is 0 Å². The molecule has 0 spiro atoms. The van der Waals surface area contributed by atoms with E-state index in [0.717, 1.165) is 0 Å². The van der Waals surface area contributed by atoms with Crippen LogP contribution < -0.4 is 0 Å². The molecule has 1 fully saturated rings. The molecule has 1 aromatic heterocycles. The van der Waals surface area contributed by atoms with E-state index in [1.54, 1.807) is 16.8 Å². The summed E-state index contributed by atoms with van der Waals surface area (Å²) in [5, 5.41) is 9.39. The van der Waals surface area contributed by atoms with Crippen molar-refractivity contribution in [3.8, 4) is 0 Å². The molecule has 0 aromatic carbocycles. The van der Waals surface area contributed by atoms with Crippen LogP contribution in [0.25, 0.3) is 0 Å². The predicted octanol–water partition coefficient (Wildman–Crippen LogP) is 1.36. The summed E-state index contributed by atoms with van der Waals surface area (Å²) in [7, 11) is -3.55. The summed E-state index contributed by atoms with van der Waals surface area (Å²) in [5.74, 6) is 0. The van der Waals surface area contributed by atoms with E-state index in [2.05, 4.69) is 0 Å². The van der Waals surface area contributed by atoms with Gasteiger partial charge in [0.1, 0.15) is 4.90 Å². The second kappa shape index (κ2) is 6.08. The fourth-order valence-electron chi connectivity index (χ4n) is 2.72. The molecule has 0 unspecified atom stereocenters. The lowest BCUT2D eigenvalue weighted by Gasteiger charge is -2.34. The van der Waals surface area contributed by atoms with Gasteiger partial charge in [0.2, 0.25) is 10.0 Å². The molecule has 1 aliphatic heterocycles. The number of ether oxygens (including phenoxy) is 1. The first-order valence-corrected chi connectivity index (χ1v) is 8.67. The monoisotopic (exact) mass is 316 g/mol. The van der Waals surface area contributed by atoms with Gasteiger partial charge in [-0.1, -0.05) is 0 Å². The predicted molar refractivity (Wildman–Crippen MR) is 79.5 cm³/mol. The van der Waals surface area contributed by atoms with Gasteiger partial charge in [-0.15, -0.1) is 0 Å². The molecular weight excluding hydrogens is 292 g/mol. The highest BCUT2D eigenvalue weighted by Crippen LogP contribution is 2.24. The summed E-state index contributed by atoms with van der Waals surface area (Å²) < 4.78 is 34.4. The largest absolute Gasteiger partial charge is 0.390 e. The highest BCUT2D eigenvalue weighted by molar-refractivity contribution is 7.89. The van der Waals surface area contributed by atoms with Crippen molar-refractivity contribution in [2.45, 2.75) is 57.4 Å². The van der Waals surface area contributed by atoms with Crippen LogP contribution >= 0.6 is 0 Å². The smallest absolute Gasteiger partial charge is 0.244 e. The second-order valence-corrected chi connectivity index (χ2v) is 7.84. The normalized spacial score (nSPS) is 24.7.